The average Bonchev–Trinajstić information content (AvgIpc) is 3.41. The lowest BCUT2D eigenvalue weighted by molar-refractivity contribution is -0.125. The van der Waals surface area contributed by atoms with Crippen molar-refractivity contribution < 1.29 is 21.6 Å². The number of aryl methyl sites for hydroxylation is 1. The minimum Gasteiger partial charge on any atom is -0.312 e. The van der Waals surface area contributed by atoms with Crippen LogP contribution in [0.15, 0.2) is 35.5 Å². The summed E-state index contributed by atoms with van der Waals surface area (Å²) in [6.07, 6.45) is 9.34. The maximum absolute atomic E-state index is 13.1. The number of nitrogens with one attached hydrogen (secondary N) is 1. The average molecular weight is 521 g/mol. The van der Waals surface area contributed by atoms with E-state index in [1.165, 1.54) is 20.9 Å². The van der Waals surface area contributed by atoms with Crippen LogP contribution in [0.3, 0.4) is 0 Å². The Bertz CT molecular complexity index is 1380. The van der Waals surface area contributed by atoms with Crippen LogP contribution in [0.25, 0.3) is 10.9 Å². The molecule has 0 unspecified atom stereocenters. The zero-order valence-corrected chi connectivity index (χ0v) is 21.6. The van der Waals surface area contributed by atoms with E-state index in [1.54, 1.807) is 18.2 Å². The van der Waals surface area contributed by atoms with Crippen LogP contribution in [0.5, 0.6) is 0 Å². The van der Waals surface area contributed by atoms with Gasteiger partial charge in [-0.25, -0.2) is 25.1 Å². The standard InChI is InChI=1S/C24H32N4O5S2/c1-34(30,31)28-14-10-20-18(8-5-9-21(20)28)11-17-35(32,33)27-15-12-24(13-16-27)23(29)25-22(26-24)19-6-3-2-4-7-19/h5,8-10,14,19H,2-4,6-7,11-13,15-17H2,1H3,(H,25,26,29). The van der Waals surface area contributed by atoms with Gasteiger partial charge in [-0.05, 0) is 49.8 Å². The van der Waals surface area contributed by atoms with Crippen molar-refractivity contribution in [1.82, 2.24) is 13.6 Å². The molecule has 3 heterocycles. The van der Waals surface area contributed by atoms with Crippen LogP contribution < -0.4 is 5.32 Å². The topological polar surface area (TPSA) is 118 Å². The Kier molecular flexibility index (Phi) is 6.29. The Labute approximate surface area is 206 Å². The van der Waals surface area contributed by atoms with Gasteiger partial charge in [-0.2, -0.15) is 0 Å². The second kappa shape index (κ2) is 9.01. The second-order valence-corrected chi connectivity index (χ2v) is 14.0. The summed E-state index contributed by atoms with van der Waals surface area (Å²) in [5.41, 5.74) is 0.499. The van der Waals surface area contributed by atoms with Gasteiger partial charge in [0.05, 0.1) is 17.5 Å². The van der Waals surface area contributed by atoms with E-state index in [2.05, 4.69) is 5.32 Å². The first-order chi connectivity index (χ1) is 16.6. The van der Waals surface area contributed by atoms with Crippen molar-refractivity contribution in [3.63, 3.8) is 0 Å². The fourth-order valence-electron chi connectivity index (χ4n) is 5.67. The van der Waals surface area contributed by atoms with Crippen LogP contribution in [-0.4, -0.2) is 67.5 Å². The zero-order chi connectivity index (χ0) is 24.8. The maximum atomic E-state index is 13.1. The highest BCUT2D eigenvalue weighted by Crippen LogP contribution is 2.35. The van der Waals surface area contributed by atoms with Crippen molar-refractivity contribution in [3.8, 4) is 0 Å². The molecular weight excluding hydrogens is 488 g/mol. The molecule has 1 aromatic carbocycles. The summed E-state index contributed by atoms with van der Waals surface area (Å²) in [6.45, 7) is 0.539. The van der Waals surface area contributed by atoms with E-state index < -0.39 is 25.6 Å². The molecule has 2 aliphatic heterocycles. The van der Waals surface area contributed by atoms with Crippen LogP contribution in [0.2, 0.25) is 0 Å². The third-order valence-corrected chi connectivity index (χ3v) is 10.6. The summed E-state index contributed by atoms with van der Waals surface area (Å²) in [7, 11) is -6.98. The van der Waals surface area contributed by atoms with Gasteiger partial charge in [-0.1, -0.05) is 31.4 Å². The summed E-state index contributed by atoms with van der Waals surface area (Å²) in [5.74, 6) is 0.956. The lowest BCUT2D eigenvalue weighted by Gasteiger charge is -2.34. The van der Waals surface area contributed by atoms with Gasteiger partial charge in [-0.15, -0.1) is 0 Å². The molecule has 2 aromatic rings. The lowest BCUT2D eigenvalue weighted by atomic mass is 9.88. The molecule has 1 saturated carbocycles. The van der Waals surface area contributed by atoms with Crippen LogP contribution in [0.1, 0.15) is 50.5 Å². The van der Waals surface area contributed by atoms with E-state index in [0.717, 1.165) is 48.7 Å². The number of piperidine rings is 1. The normalized spacial score (nSPS) is 22.0. The molecule has 1 amide bonds. The molecule has 1 aliphatic carbocycles. The molecule has 1 saturated heterocycles. The van der Waals surface area contributed by atoms with E-state index in [1.807, 2.05) is 6.07 Å². The first-order valence-electron chi connectivity index (χ1n) is 12.3. The summed E-state index contributed by atoms with van der Waals surface area (Å²) >= 11 is 0. The number of fused-ring (bicyclic) bond motifs is 1. The van der Waals surface area contributed by atoms with Crippen molar-refractivity contribution in [2.75, 3.05) is 25.1 Å². The number of sulfonamides is 1. The van der Waals surface area contributed by atoms with Gasteiger partial charge >= 0.3 is 0 Å². The summed E-state index contributed by atoms with van der Waals surface area (Å²) in [5, 5.41) is 3.75. The molecule has 2 fully saturated rings. The Balaban J connectivity index is 1.26. The van der Waals surface area contributed by atoms with E-state index in [9.17, 15) is 21.6 Å². The van der Waals surface area contributed by atoms with Gasteiger partial charge in [0, 0.05) is 30.6 Å². The molecule has 11 heteroatoms. The Morgan fingerprint density at radius 3 is 2.46 bits per heavy atom. The Morgan fingerprint density at radius 2 is 1.77 bits per heavy atom. The number of aromatic nitrogens is 1. The van der Waals surface area contributed by atoms with Crippen LogP contribution in [0, 0.1) is 5.92 Å². The summed E-state index contributed by atoms with van der Waals surface area (Å²) in [6, 6.07) is 7.01. The van der Waals surface area contributed by atoms with Gasteiger partial charge < -0.3 is 5.32 Å². The molecule has 190 valence electrons. The fourth-order valence-corrected chi connectivity index (χ4v) is 7.94. The fraction of sp³-hybridized carbons (Fsp3) is 0.583. The third-order valence-electron chi connectivity index (χ3n) is 7.71. The largest absolute Gasteiger partial charge is 0.312 e. The molecule has 9 nitrogen and oxygen atoms in total. The van der Waals surface area contributed by atoms with Crippen molar-refractivity contribution in [2.24, 2.45) is 10.9 Å². The third kappa shape index (κ3) is 4.65. The predicted molar refractivity (Wildman–Crippen MR) is 135 cm³/mol. The number of amides is 1. The van der Waals surface area contributed by atoms with E-state index >= 15 is 0 Å². The lowest BCUT2D eigenvalue weighted by Crippen LogP contribution is -2.51. The molecule has 0 atom stereocenters. The minimum absolute atomic E-state index is 0.0774. The number of aliphatic imine (C=N–C) groups is 1. The van der Waals surface area contributed by atoms with Gasteiger partial charge in [-0.3, -0.25) is 9.79 Å². The van der Waals surface area contributed by atoms with Crippen molar-refractivity contribution in [3.05, 3.63) is 36.0 Å². The highest BCUT2D eigenvalue weighted by atomic mass is 32.2. The van der Waals surface area contributed by atoms with Gasteiger partial charge in [0.15, 0.2) is 0 Å². The van der Waals surface area contributed by atoms with Crippen LogP contribution in [0.4, 0.5) is 0 Å². The van der Waals surface area contributed by atoms with Crippen molar-refractivity contribution in [2.45, 2.75) is 56.9 Å². The van der Waals surface area contributed by atoms with E-state index in [0.29, 0.717) is 24.3 Å². The second-order valence-electron chi connectivity index (χ2n) is 10.0. The smallest absolute Gasteiger partial charge is 0.253 e. The van der Waals surface area contributed by atoms with Gasteiger partial charge in [0.2, 0.25) is 20.0 Å². The number of amidine groups is 1. The molecule has 1 spiro atoms. The first kappa shape index (κ1) is 24.5. The molecule has 0 bridgehead atoms. The molecule has 35 heavy (non-hydrogen) atoms. The number of carbonyl (C=O) groups is 1. The van der Waals surface area contributed by atoms with E-state index in [4.69, 9.17) is 4.99 Å². The SMILES string of the molecule is CS(=O)(=O)n1ccc2c(CCS(=O)(=O)N3CCC4(CC3)N=C(C3CCCCC3)NC4=O)cccc21. The maximum Gasteiger partial charge on any atom is 0.253 e. The predicted octanol–water partition coefficient (Wildman–Crippen LogP) is 2.26. The Morgan fingerprint density at radius 1 is 1.06 bits per heavy atom. The number of nitrogens with zero attached hydrogens (tertiary/aromatic N) is 3. The van der Waals surface area contributed by atoms with Crippen molar-refractivity contribution in [1.29, 1.82) is 0 Å². The monoisotopic (exact) mass is 520 g/mol. The molecular formula is C24H32N4O5S2. The minimum atomic E-state index is -3.54. The van der Waals surface area contributed by atoms with Gasteiger partial charge in [0.1, 0.15) is 11.4 Å². The molecule has 3 aliphatic rings. The number of benzene rings is 1. The number of carbonyl (C=O) groups excluding carboxylic acids is 1. The molecule has 0 radical (unpaired) electrons. The summed E-state index contributed by atoms with van der Waals surface area (Å²) < 4.78 is 53.0. The highest BCUT2D eigenvalue weighted by molar-refractivity contribution is 7.89. The zero-order valence-electron chi connectivity index (χ0n) is 19.9. The number of rotatable bonds is 6. The first-order valence-corrected chi connectivity index (χ1v) is 15.7. The quantitative estimate of drug-likeness (QED) is 0.627. The number of hydrogen-bond donors (Lipinski definition) is 1. The molecule has 1 N–H and O–H groups in total. The highest BCUT2D eigenvalue weighted by Gasteiger charge is 2.48. The Hall–Kier alpha value is -2.24. The van der Waals surface area contributed by atoms with Crippen LogP contribution >= 0.6 is 0 Å². The van der Waals surface area contributed by atoms with Gasteiger partial charge in [0.25, 0.3) is 5.91 Å². The summed E-state index contributed by atoms with van der Waals surface area (Å²) in [4.78, 5) is 17.7. The molecule has 1 aromatic heterocycles. The number of hydrogen-bond acceptors (Lipinski definition) is 6. The van der Waals surface area contributed by atoms with Crippen molar-refractivity contribution >= 4 is 42.7 Å². The van der Waals surface area contributed by atoms with E-state index in [-0.39, 0.29) is 31.2 Å². The van der Waals surface area contributed by atoms with Crippen LogP contribution in [-0.2, 0) is 31.3 Å². The molecule has 5 rings (SSSR count).